The summed E-state index contributed by atoms with van der Waals surface area (Å²) in [5.74, 6) is 5.17. The van der Waals surface area contributed by atoms with Gasteiger partial charge in [0.15, 0.2) is 0 Å². The van der Waals surface area contributed by atoms with Crippen LogP contribution < -0.4 is 15.0 Å². The van der Waals surface area contributed by atoms with Gasteiger partial charge >= 0.3 is 6.03 Å². The lowest BCUT2D eigenvalue weighted by Crippen LogP contribution is -2.63. The summed E-state index contributed by atoms with van der Waals surface area (Å²) in [5.41, 5.74) is 3.46. The molecule has 4 bridgehead atoms. The first-order valence-corrected chi connectivity index (χ1v) is 13.7. The van der Waals surface area contributed by atoms with E-state index in [1.165, 1.54) is 44.1 Å². The number of carbonyl (C=O) groups excluding carboxylic acids is 1. The fourth-order valence-corrected chi connectivity index (χ4v) is 7.82. The van der Waals surface area contributed by atoms with Gasteiger partial charge < -0.3 is 19.9 Å². The highest BCUT2D eigenvalue weighted by atomic mass is 16.5. The van der Waals surface area contributed by atoms with Crippen LogP contribution in [0.2, 0.25) is 0 Å². The summed E-state index contributed by atoms with van der Waals surface area (Å²) < 4.78 is 5.31. The number of amides is 2. The molecule has 1 N–H and O–H groups in total. The van der Waals surface area contributed by atoms with Crippen molar-refractivity contribution in [1.29, 1.82) is 0 Å². The molecule has 2 heterocycles. The zero-order valence-electron chi connectivity index (χ0n) is 21.9. The van der Waals surface area contributed by atoms with Gasteiger partial charge in [0.1, 0.15) is 17.4 Å². The zero-order chi connectivity index (χ0) is 24.9. The largest absolute Gasteiger partial charge is 0.497 e. The van der Waals surface area contributed by atoms with Crippen molar-refractivity contribution in [3.8, 4) is 5.75 Å². The number of hydrogen-bond acceptors (Lipinski definition) is 5. The third-order valence-corrected chi connectivity index (χ3v) is 9.12. The normalized spacial score (nSPS) is 28.9. The van der Waals surface area contributed by atoms with E-state index in [2.05, 4.69) is 34.3 Å². The number of carbonyl (C=O) groups is 1. The summed E-state index contributed by atoms with van der Waals surface area (Å²) in [6, 6.07) is 8.36. The topological polar surface area (TPSA) is 70.6 Å². The molecule has 0 unspecified atom stereocenters. The molecular formula is C29H39N5O2. The fourth-order valence-electron chi connectivity index (χ4n) is 7.82. The predicted octanol–water partition coefficient (Wildman–Crippen LogP) is 4.49. The van der Waals surface area contributed by atoms with Crippen LogP contribution in [0.5, 0.6) is 5.75 Å². The summed E-state index contributed by atoms with van der Waals surface area (Å²) in [4.78, 5) is 27.3. The van der Waals surface area contributed by atoms with Gasteiger partial charge in [0.05, 0.1) is 7.11 Å². The molecule has 1 aliphatic heterocycles. The summed E-state index contributed by atoms with van der Waals surface area (Å²) >= 11 is 0. The number of rotatable bonds is 5. The molecule has 0 radical (unpaired) electrons. The maximum Gasteiger partial charge on any atom is 0.317 e. The van der Waals surface area contributed by atoms with Crippen LogP contribution in [0.1, 0.15) is 61.2 Å². The van der Waals surface area contributed by atoms with Gasteiger partial charge in [-0.05, 0) is 87.8 Å². The van der Waals surface area contributed by atoms with Gasteiger partial charge in [0, 0.05) is 49.4 Å². The van der Waals surface area contributed by atoms with Crippen molar-refractivity contribution in [3.63, 3.8) is 0 Å². The second kappa shape index (κ2) is 9.24. The van der Waals surface area contributed by atoms with E-state index in [1.807, 2.05) is 24.0 Å². The van der Waals surface area contributed by atoms with Gasteiger partial charge in [-0.25, -0.2) is 14.8 Å². The SMILES string of the molecule is COc1ccc(Cc2c(C)nc(C)nc2N2CCN(C(=O)NC34CC5CC(CC(C5)C3)C4)CC2)cc1. The van der Waals surface area contributed by atoms with E-state index in [0.717, 1.165) is 79.0 Å². The van der Waals surface area contributed by atoms with Crippen molar-refractivity contribution >= 4 is 11.8 Å². The first kappa shape index (κ1) is 23.6. The van der Waals surface area contributed by atoms with E-state index < -0.39 is 0 Å². The lowest BCUT2D eigenvalue weighted by molar-refractivity contribution is -0.0157. The van der Waals surface area contributed by atoms with E-state index in [1.54, 1.807) is 7.11 Å². The van der Waals surface area contributed by atoms with E-state index in [4.69, 9.17) is 9.72 Å². The molecule has 36 heavy (non-hydrogen) atoms. The molecule has 0 atom stereocenters. The van der Waals surface area contributed by atoms with E-state index in [9.17, 15) is 4.79 Å². The molecule has 0 spiro atoms. The molecular weight excluding hydrogens is 450 g/mol. The number of ether oxygens (including phenoxy) is 1. The Bertz CT molecular complexity index is 1090. The van der Waals surface area contributed by atoms with Crippen molar-refractivity contribution in [3.05, 3.63) is 46.9 Å². The van der Waals surface area contributed by atoms with Crippen molar-refractivity contribution < 1.29 is 9.53 Å². The number of benzene rings is 1. The first-order chi connectivity index (χ1) is 17.4. The molecule has 5 fully saturated rings. The van der Waals surface area contributed by atoms with Crippen molar-refractivity contribution in [2.24, 2.45) is 17.8 Å². The molecule has 2 amide bonds. The Kier molecular flexibility index (Phi) is 6.05. The van der Waals surface area contributed by atoms with Gasteiger partial charge in [-0.2, -0.15) is 0 Å². The van der Waals surface area contributed by atoms with Crippen LogP contribution in [0.15, 0.2) is 24.3 Å². The Morgan fingerprint density at radius 1 is 0.972 bits per heavy atom. The third-order valence-electron chi connectivity index (χ3n) is 9.12. The molecule has 4 saturated carbocycles. The average molecular weight is 490 g/mol. The highest BCUT2D eigenvalue weighted by Crippen LogP contribution is 2.55. The molecule has 7 nitrogen and oxygen atoms in total. The van der Waals surface area contributed by atoms with Crippen LogP contribution in [-0.4, -0.2) is 59.7 Å². The molecule has 4 aliphatic carbocycles. The van der Waals surface area contributed by atoms with Gasteiger partial charge in [-0.1, -0.05) is 12.1 Å². The van der Waals surface area contributed by atoms with Crippen molar-refractivity contribution in [2.45, 2.75) is 64.3 Å². The number of nitrogens with zero attached hydrogens (tertiary/aromatic N) is 4. The molecule has 1 saturated heterocycles. The Morgan fingerprint density at radius 2 is 1.58 bits per heavy atom. The number of urea groups is 1. The number of aryl methyl sites for hydroxylation is 2. The average Bonchev–Trinajstić information content (AvgIpc) is 2.85. The van der Waals surface area contributed by atoms with E-state index >= 15 is 0 Å². The maximum absolute atomic E-state index is 13.4. The second-order valence-electron chi connectivity index (χ2n) is 11.8. The second-order valence-corrected chi connectivity index (χ2v) is 11.8. The molecule has 1 aromatic carbocycles. The Morgan fingerprint density at radius 3 is 2.17 bits per heavy atom. The zero-order valence-corrected chi connectivity index (χ0v) is 21.9. The Hall–Kier alpha value is -2.83. The molecule has 2 aromatic rings. The van der Waals surface area contributed by atoms with Gasteiger partial charge in [-0.15, -0.1) is 0 Å². The predicted molar refractivity (Wildman–Crippen MR) is 141 cm³/mol. The van der Waals surface area contributed by atoms with Crippen LogP contribution in [0.4, 0.5) is 10.6 Å². The van der Waals surface area contributed by atoms with Gasteiger partial charge in [-0.3, -0.25) is 0 Å². The quantitative estimate of drug-likeness (QED) is 0.670. The molecule has 7 rings (SSSR count). The highest BCUT2D eigenvalue weighted by molar-refractivity contribution is 5.75. The first-order valence-electron chi connectivity index (χ1n) is 13.7. The van der Waals surface area contributed by atoms with Crippen LogP contribution in [0.3, 0.4) is 0 Å². The maximum atomic E-state index is 13.4. The number of anilines is 1. The number of aromatic nitrogens is 2. The van der Waals surface area contributed by atoms with Gasteiger partial charge in [0.25, 0.3) is 0 Å². The number of hydrogen-bond donors (Lipinski definition) is 1. The standard InChI is InChI=1S/C29H39N5O2/c1-19-26(15-21-4-6-25(36-3)7-5-21)27(31-20(2)30-19)33-8-10-34(11-9-33)28(35)32-29-16-22-12-23(17-29)14-24(13-22)18-29/h4-7,22-24H,8-18H2,1-3H3,(H,32,35). The lowest BCUT2D eigenvalue weighted by Gasteiger charge is -2.57. The van der Waals surface area contributed by atoms with E-state index in [-0.39, 0.29) is 11.6 Å². The molecule has 5 aliphatic rings. The van der Waals surface area contributed by atoms with Crippen molar-refractivity contribution in [1.82, 2.24) is 20.2 Å². The summed E-state index contributed by atoms with van der Waals surface area (Å²) in [6.45, 7) is 7.07. The summed E-state index contributed by atoms with van der Waals surface area (Å²) in [7, 11) is 1.69. The molecule has 192 valence electrons. The van der Waals surface area contributed by atoms with Crippen LogP contribution >= 0.6 is 0 Å². The summed E-state index contributed by atoms with van der Waals surface area (Å²) in [6.07, 6.45) is 8.54. The fraction of sp³-hybridized carbons (Fsp3) is 0.621. The van der Waals surface area contributed by atoms with Crippen LogP contribution in [0.25, 0.3) is 0 Å². The lowest BCUT2D eigenvalue weighted by atomic mass is 9.53. The number of nitrogens with one attached hydrogen (secondary N) is 1. The minimum absolute atomic E-state index is 0.0649. The number of methoxy groups -OCH3 is 1. The van der Waals surface area contributed by atoms with Crippen LogP contribution in [0, 0.1) is 31.6 Å². The third kappa shape index (κ3) is 4.53. The minimum atomic E-state index is 0.0649. The minimum Gasteiger partial charge on any atom is -0.497 e. The monoisotopic (exact) mass is 489 g/mol. The summed E-state index contributed by atoms with van der Waals surface area (Å²) in [5, 5.41) is 3.55. The number of piperazine rings is 1. The van der Waals surface area contributed by atoms with Crippen LogP contribution in [-0.2, 0) is 6.42 Å². The van der Waals surface area contributed by atoms with Crippen molar-refractivity contribution in [2.75, 3.05) is 38.2 Å². The Balaban J connectivity index is 1.13. The molecule has 7 heteroatoms. The van der Waals surface area contributed by atoms with E-state index in [0.29, 0.717) is 0 Å². The Labute approximate surface area is 214 Å². The molecule has 1 aromatic heterocycles. The smallest absolute Gasteiger partial charge is 0.317 e. The highest BCUT2D eigenvalue weighted by Gasteiger charge is 2.51. The van der Waals surface area contributed by atoms with Gasteiger partial charge in [0.2, 0.25) is 0 Å².